The van der Waals surface area contributed by atoms with Crippen molar-refractivity contribution in [3.8, 4) is 0 Å². The van der Waals surface area contributed by atoms with Crippen molar-refractivity contribution in [2.75, 3.05) is 13.7 Å². The summed E-state index contributed by atoms with van der Waals surface area (Å²) in [4.78, 5) is 10.7. The summed E-state index contributed by atoms with van der Waals surface area (Å²) >= 11 is 0. The molecule has 0 spiro atoms. The number of carbonyl (C=O) groups is 1. The predicted molar refractivity (Wildman–Crippen MR) is 67.1 cm³/mol. The van der Waals surface area contributed by atoms with E-state index in [9.17, 15) is 4.79 Å². The molecule has 1 amide bonds. The maximum atomic E-state index is 10.7. The average molecular weight is 234 g/mol. The monoisotopic (exact) mass is 234 g/mol. The fraction of sp³-hybridized carbons (Fsp3) is 0.417. The van der Waals surface area contributed by atoms with Crippen molar-refractivity contribution in [3.05, 3.63) is 29.3 Å². The molecule has 0 aliphatic heterocycles. The smallest absolute Gasteiger partial charge is 0.327 e. The van der Waals surface area contributed by atoms with E-state index in [1.54, 1.807) is 7.11 Å². The molecule has 1 aromatic rings. The lowest BCUT2D eigenvalue weighted by atomic mass is 9.83. The molecule has 5 heteroatoms. The van der Waals surface area contributed by atoms with Crippen LogP contribution < -0.4 is 10.8 Å². The molecule has 0 bridgehead atoms. The Balaban J connectivity index is 2.65. The van der Waals surface area contributed by atoms with E-state index in [1.165, 1.54) is 6.92 Å². The van der Waals surface area contributed by atoms with Crippen LogP contribution in [0, 0.1) is 0 Å². The number of benzene rings is 1. The molecule has 17 heavy (non-hydrogen) atoms. The predicted octanol–water partition coefficient (Wildman–Crippen LogP) is -0.252. The van der Waals surface area contributed by atoms with Crippen LogP contribution in [0.4, 0.5) is 0 Å². The molecule has 1 aromatic carbocycles. The molecule has 0 unspecified atom stereocenters. The van der Waals surface area contributed by atoms with E-state index in [4.69, 9.17) is 9.76 Å². The summed E-state index contributed by atoms with van der Waals surface area (Å²) in [6, 6.07) is 5.80. The van der Waals surface area contributed by atoms with Crippen LogP contribution in [0.5, 0.6) is 0 Å². The van der Waals surface area contributed by atoms with Crippen molar-refractivity contribution in [2.45, 2.75) is 20.0 Å². The van der Waals surface area contributed by atoms with Crippen molar-refractivity contribution in [1.29, 1.82) is 0 Å². The quantitative estimate of drug-likeness (QED) is 0.667. The van der Waals surface area contributed by atoms with Gasteiger partial charge in [-0.3, -0.25) is 4.79 Å². The Hall–Kier alpha value is -1.33. The van der Waals surface area contributed by atoms with Gasteiger partial charge in [0.2, 0.25) is 5.91 Å². The summed E-state index contributed by atoms with van der Waals surface area (Å²) in [6.07, 6.45) is 0.744. The summed E-state index contributed by atoms with van der Waals surface area (Å²) in [5.74, 6) is -0.0325. The zero-order valence-corrected chi connectivity index (χ0v) is 10.2. The second-order valence-electron chi connectivity index (χ2n) is 3.83. The molecule has 0 aliphatic rings. The van der Waals surface area contributed by atoms with Crippen molar-refractivity contribution in [2.24, 2.45) is 0 Å². The van der Waals surface area contributed by atoms with Crippen LogP contribution in [0.2, 0.25) is 0 Å². The van der Waals surface area contributed by atoms with Crippen LogP contribution in [0.1, 0.15) is 18.1 Å². The van der Waals surface area contributed by atoms with Gasteiger partial charge in [0, 0.05) is 20.6 Å². The topological polar surface area (TPSA) is 58.6 Å². The second kappa shape index (κ2) is 7.09. The van der Waals surface area contributed by atoms with E-state index in [0.717, 1.165) is 30.5 Å². The van der Waals surface area contributed by atoms with Gasteiger partial charge in [0.05, 0.1) is 6.61 Å². The van der Waals surface area contributed by atoms with Crippen LogP contribution in [-0.2, 0) is 22.6 Å². The molecule has 2 N–H and O–H groups in total. The lowest BCUT2D eigenvalue weighted by Crippen LogP contribution is -2.24. The largest absolute Gasteiger partial charge is 0.450 e. The molecule has 1 rings (SSSR count). The molecule has 0 atom stereocenters. The lowest BCUT2D eigenvalue weighted by molar-refractivity contribution is -0.118. The number of hydrogen-bond donors (Lipinski definition) is 2. The number of amides is 1. The minimum Gasteiger partial charge on any atom is -0.450 e. The maximum absolute atomic E-state index is 10.7. The highest BCUT2D eigenvalue weighted by Crippen LogP contribution is 2.03. The molecule has 0 fully saturated rings. The van der Waals surface area contributed by atoms with Crippen molar-refractivity contribution in [1.82, 2.24) is 5.32 Å². The van der Waals surface area contributed by atoms with Gasteiger partial charge < -0.3 is 15.1 Å². The fourth-order valence-electron chi connectivity index (χ4n) is 1.59. The summed E-state index contributed by atoms with van der Waals surface area (Å²) < 4.78 is 5.03. The van der Waals surface area contributed by atoms with Crippen LogP contribution >= 0.6 is 0 Å². The average Bonchev–Trinajstić information content (AvgIpc) is 2.30. The minimum atomic E-state index is -0.0325. The number of rotatable bonds is 6. The van der Waals surface area contributed by atoms with E-state index in [0.29, 0.717) is 13.2 Å². The first-order valence-electron chi connectivity index (χ1n) is 5.50. The molecule has 1 radical (unpaired) electrons. The first kappa shape index (κ1) is 13.7. The Bertz CT molecular complexity index is 382. The normalized spacial score (nSPS) is 10.1. The van der Waals surface area contributed by atoms with Gasteiger partial charge in [-0.15, -0.1) is 0 Å². The van der Waals surface area contributed by atoms with Gasteiger partial charge >= 0.3 is 7.48 Å². The van der Waals surface area contributed by atoms with E-state index >= 15 is 0 Å². The molecule has 0 saturated carbocycles. The summed E-state index contributed by atoms with van der Waals surface area (Å²) in [5, 5.41) is 11.9. The Kier molecular flexibility index (Phi) is 5.73. The highest BCUT2D eigenvalue weighted by atomic mass is 16.5. The van der Waals surface area contributed by atoms with Gasteiger partial charge in [-0.25, -0.2) is 0 Å². The Morgan fingerprint density at radius 3 is 2.88 bits per heavy atom. The van der Waals surface area contributed by atoms with Crippen LogP contribution in [0.15, 0.2) is 18.2 Å². The standard InChI is InChI=1S/C12H17BNO3/c1-9(15)14-6-5-10-3-4-11(8-17-2)12(7-10)13-16/h3-4,7,16H,5-6,8H2,1-2H3,(H,14,15). The first-order chi connectivity index (χ1) is 8.17. The third kappa shape index (κ3) is 4.59. The summed E-state index contributed by atoms with van der Waals surface area (Å²) in [6.45, 7) is 2.57. The highest BCUT2D eigenvalue weighted by molar-refractivity contribution is 6.46. The molecule has 0 heterocycles. The van der Waals surface area contributed by atoms with E-state index in [1.807, 2.05) is 18.2 Å². The molecular weight excluding hydrogens is 217 g/mol. The van der Waals surface area contributed by atoms with Gasteiger partial charge in [-0.05, 0) is 23.0 Å². The highest BCUT2D eigenvalue weighted by Gasteiger charge is 2.04. The van der Waals surface area contributed by atoms with Gasteiger partial charge in [-0.2, -0.15) is 0 Å². The minimum absolute atomic E-state index is 0.0325. The maximum Gasteiger partial charge on any atom is 0.327 e. The molecule has 0 saturated heterocycles. The molecule has 0 aliphatic carbocycles. The Labute approximate surface area is 102 Å². The zero-order chi connectivity index (χ0) is 12.7. The molecule has 0 aromatic heterocycles. The summed E-state index contributed by atoms with van der Waals surface area (Å²) in [7, 11) is 2.70. The van der Waals surface area contributed by atoms with Crippen molar-refractivity contribution < 1.29 is 14.6 Å². The van der Waals surface area contributed by atoms with Gasteiger partial charge in [0.1, 0.15) is 0 Å². The SMILES string of the molecule is COCc1ccc(CCNC(C)=O)cc1[B]O. The lowest BCUT2D eigenvalue weighted by Gasteiger charge is -2.09. The van der Waals surface area contributed by atoms with E-state index in [2.05, 4.69) is 5.32 Å². The zero-order valence-electron chi connectivity index (χ0n) is 10.2. The number of carbonyl (C=O) groups excluding carboxylic acids is 1. The molecular formula is C12H17BNO3. The number of nitrogens with one attached hydrogen (secondary N) is 1. The van der Waals surface area contributed by atoms with E-state index < -0.39 is 0 Å². The van der Waals surface area contributed by atoms with E-state index in [-0.39, 0.29) is 5.91 Å². The van der Waals surface area contributed by atoms with Gasteiger partial charge in [0.25, 0.3) is 0 Å². The van der Waals surface area contributed by atoms with Gasteiger partial charge in [-0.1, -0.05) is 18.2 Å². The first-order valence-corrected chi connectivity index (χ1v) is 5.50. The number of methoxy groups -OCH3 is 1. The molecule has 4 nitrogen and oxygen atoms in total. The Morgan fingerprint density at radius 2 is 2.29 bits per heavy atom. The van der Waals surface area contributed by atoms with Crippen molar-refractivity contribution >= 4 is 18.9 Å². The molecule has 91 valence electrons. The third-order valence-corrected chi connectivity index (χ3v) is 2.44. The number of hydrogen-bond acceptors (Lipinski definition) is 3. The Morgan fingerprint density at radius 1 is 1.53 bits per heavy atom. The van der Waals surface area contributed by atoms with Crippen LogP contribution in [-0.4, -0.2) is 32.1 Å². The van der Waals surface area contributed by atoms with Crippen LogP contribution in [0.25, 0.3) is 0 Å². The van der Waals surface area contributed by atoms with Crippen LogP contribution in [0.3, 0.4) is 0 Å². The third-order valence-electron chi connectivity index (χ3n) is 2.44. The number of ether oxygens (including phenoxy) is 1. The fourth-order valence-corrected chi connectivity index (χ4v) is 1.59. The summed E-state index contributed by atoms with van der Waals surface area (Å²) in [5.41, 5.74) is 2.77. The van der Waals surface area contributed by atoms with Gasteiger partial charge in [0.15, 0.2) is 0 Å². The second-order valence-corrected chi connectivity index (χ2v) is 3.83. The van der Waals surface area contributed by atoms with Crippen molar-refractivity contribution in [3.63, 3.8) is 0 Å².